The van der Waals surface area contributed by atoms with Crippen LogP contribution >= 0.6 is 23.2 Å². The van der Waals surface area contributed by atoms with Crippen molar-refractivity contribution < 1.29 is 0 Å². The fourth-order valence-electron chi connectivity index (χ4n) is 1.12. The molecule has 14 heavy (non-hydrogen) atoms. The van der Waals surface area contributed by atoms with Gasteiger partial charge in [-0.05, 0) is 24.6 Å². The van der Waals surface area contributed by atoms with E-state index in [1.54, 1.807) is 19.1 Å². The van der Waals surface area contributed by atoms with Gasteiger partial charge in [-0.1, -0.05) is 29.3 Å². The SMILES string of the molecule is CC#CCC(N)c1ccc(Cl)cc1Cl. The Labute approximate surface area is 94.2 Å². The average molecular weight is 228 g/mol. The molecule has 74 valence electrons. The molecule has 1 aromatic rings. The molecule has 0 saturated carbocycles. The Morgan fingerprint density at radius 2 is 2.14 bits per heavy atom. The lowest BCUT2D eigenvalue weighted by Gasteiger charge is -2.10. The lowest BCUT2D eigenvalue weighted by atomic mass is 10.1. The van der Waals surface area contributed by atoms with Crippen molar-refractivity contribution in [3.8, 4) is 11.8 Å². The zero-order valence-electron chi connectivity index (χ0n) is 7.85. The highest BCUT2D eigenvalue weighted by Crippen LogP contribution is 2.26. The predicted octanol–water partition coefficient (Wildman–Crippen LogP) is 3.41. The van der Waals surface area contributed by atoms with Crippen LogP contribution < -0.4 is 5.73 Å². The normalized spacial score (nSPS) is 11.7. The third-order valence-electron chi connectivity index (χ3n) is 1.86. The van der Waals surface area contributed by atoms with Gasteiger partial charge in [0.15, 0.2) is 0 Å². The first-order valence-electron chi connectivity index (χ1n) is 4.25. The molecule has 1 rings (SSSR count). The van der Waals surface area contributed by atoms with Crippen LogP contribution in [0.25, 0.3) is 0 Å². The highest BCUT2D eigenvalue weighted by atomic mass is 35.5. The maximum atomic E-state index is 5.99. The van der Waals surface area contributed by atoms with Gasteiger partial charge < -0.3 is 5.73 Å². The summed E-state index contributed by atoms with van der Waals surface area (Å²) in [6, 6.07) is 5.17. The molecule has 0 bridgehead atoms. The number of hydrogen-bond acceptors (Lipinski definition) is 1. The first-order valence-corrected chi connectivity index (χ1v) is 5.01. The van der Waals surface area contributed by atoms with Crippen molar-refractivity contribution in [3.05, 3.63) is 33.8 Å². The summed E-state index contributed by atoms with van der Waals surface area (Å²) in [6.07, 6.45) is 0.609. The maximum Gasteiger partial charge on any atom is 0.0468 e. The largest absolute Gasteiger partial charge is 0.323 e. The summed E-state index contributed by atoms with van der Waals surface area (Å²) in [4.78, 5) is 0. The molecule has 0 aromatic heterocycles. The molecule has 0 fully saturated rings. The summed E-state index contributed by atoms with van der Waals surface area (Å²) in [5.74, 6) is 5.72. The molecule has 1 atom stereocenters. The van der Waals surface area contributed by atoms with Gasteiger partial charge in [-0.25, -0.2) is 0 Å². The fourth-order valence-corrected chi connectivity index (χ4v) is 1.67. The van der Waals surface area contributed by atoms with Crippen molar-refractivity contribution in [1.82, 2.24) is 0 Å². The van der Waals surface area contributed by atoms with Gasteiger partial charge in [0.1, 0.15) is 0 Å². The molecule has 0 aliphatic heterocycles. The standard InChI is InChI=1S/C11H11Cl2N/c1-2-3-4-11(14)9-6-5-8(12)7-10(9)13/h5-7,11H,4,14H2,1H3. The summed E-state index contributed by atoms with van der Waals surface area (Å²) >= 11 is 11.8. The Bertz CT molecular complexity index is 377. The number of benzene rings is 1. The van der Waals surface area contributed by atoms with Gasteiger partial charge in [-0.15, -0.1) is 11.8 Å². The molecule has 0 aliphatic carbocycles. The quantitative estimate of drug-likeness (QED) is 0.771. The average Bonchev–Trinajstić information content (AvgIpc) is 2.14. The maximum absolute atomic E-state index is 5.99. The lowest BCUT2D eigenvalue weighted by molar-refractivity contribution is 0.754. The van der Waals surface area contributed by atoms with Crippen molar-refractivity contribution in [1.29, 1.82) is 0 Å². The molecule has 1 nitrogen and oxygen atoms in total. The van der Waals surface area contributed by atoms with E-state index in [4.69, 9.17) is 28.9 Å². The van der Waals surface area contributed by atoms with Crippen molar-refractivity contribution in [2.75, 3.05) is 0 Å². The summed E-state index contributed by atoms with van der Waals surface area (Å²) in [5, 5.41) is 1.22. The molecule has 0 radical (unpaired) electrons. The van der Waals surface area contributed by atoms with Crippen LogP contribution in [0.1, 0.15) is 24.9 Å². The van der Waals surface area contributed by atoms with Gasteiger partial charge >= 0.3 is 0 Å². The summed E-state index contributed by atoms with van der Waals surface area (Å²) < 4.78 is 0. The Hall–Kier alpha value is -0.680. The monoisotopic (exact) mass is 227 g/mol. The van der Waals surface area contributed by atoms with Crippen molar-refractivity contribution >= 4 is 23.2 Å². The van der Waals surface area contributed by atoms with Crippen LogP contribution in [0.3, 0.4) is 0 Å². The topological polar surface area (TPSA) is 26.0 Å². The third-order valence-corrected chi connectivity index (χ3v) is 2.42. The molecule has 1 aromatic carbocycles. The van der Waals surface area contributed by atoms with Gasteiger partial charge in [0.2, 0.25) is 0 Å². The van der Waals surface area contributed by atoms with Crippen molar-refractivity contribution in [3.63, 3.8) is 0 Å². The number of nitrogens with two attached hydrogens (primary N) is 1. The second-order valence-corrected chi connectivity index (χ2v) is 3.75. The van der Waals surface area contributed by atoms with E-state index in [-0.39, 0.29) is 6.04 Å². The van der Waals surface area contributed by atoms with Crippen LogP contribution in [0.15, 0.2) is 18.2 Å². The number of halogens is 2. The summed E-state index contributed by atoms with van der Waals surface area (Å²) in [7, 11) is 0. The highest BCUT2D eigenvalue weighted by molar-refractivity contribution is 6.35. The van der Waals surface area contributed by atoms with Crippen LogP contribution in [0.4, 0.5) is 0 Å². The molecule has 0 heterocycles. The van der Waals surface area contributed by atoms with E-state index in [2.05, 4.69) is 11.8 Å². The van der Waals surface area contributed by atoms with Crippen molar-refractivity contribution in [2.45, 2.75) is 19.4 Å². The van der Waals surface area contributed by atoms with E-state index in [1.165, 1.54) is 0 Å². The molecule has 0 amide bonds. The predicted molar refractivity (Wildman–Crippen MR) is 61.5 cm³/mol. The molecule has 2 N–H and O–H groups in total. The molecule has 0 saturated heterocycles. The third kappa shape index (κ3) is 2.92. The Balaban J connectivity index is 2.88. The zero-order chi connectivity index (χ0) is 10.6. The van der Waals surface area contributed by atoms with Gasteiger partial charge in [-0.3, -0.25) is 0 Å². The first-order chi connectivity index (χ1) is 6.65. The molecule has 0 aliphatic rings. The minimum Gasteiger partial charge on any atom is -0.323 e. The van der Waals surface area contributed by atoms with Crippen LogP contribution in [0.5, 0.6) is 0 Å². The minimum atomic E-state index is -0.146. The number of rotatable bonds is 2. The van der Waals surface area contributed by atoms with E-state index >= 15 is 0 Å². The minimum absolute atomic E-state index is 0.146. The van der Waals surface area contributed by atoms with E-state index < -0.39 is 0 Å². The smallest absolute Gasteiger partial charge is 0.0468 e. The Morgan fingerprint density at radius 1 is 1.43 bits per heavy atom. The zero-order valence-corrected chi connectivity index (χ0v) is 9.36. The van der Waals surface area contributed by atoms with E-state index in [9.17, 15) is 0 Å². The Morgan fingerprint density at radius 3 is 2.71 bits per heavy atom. The van der Waals surface area contributed by atoms with E-state index in [0.717, 1.165) is 5.56 Å². The highest BCUT2D eigenvalue weighted by Gasteiger charge is 2.08. The second kappa shape index (κ2) is 5.26. The van der Waals surface area contributed by atoms with Crippen LogP contribution in [-0.2, 0) is 0 Å². The van der Waals surface area contributed by atoms with E-state index in [1.807, 2.05) is 6.07 Å². The van der Waals surface area contributed by atoms with Gasteiger partial charge in [-0.2, -0.15) is 0 Å². The number of hydrogen-bond donors (Lipinski definition) is 1. The van der Waals surface area contributed by atoms with Crippen LogP contribution in [0.2, 0.25) is 10.0 Å². The molecule has 0 spiro atoms. The molecular formula is C11H11Cl2N. The van der Waals surface area contributed by atoms with Gasteiger partial charge in [0.25, 0.3) is 0 Å². The van der Waals surface area contributed by atoms with E-state index in [0.29, 0.717) is 16.5 Å². The molecule has 1 unspecified atom stereocenters. The van der Waals surface area contributed by atoms with Gasteiger partial charge in [0, 0.05) is 22.5 Å². The fraction of sp³-hybridized carbons (Fsp3) is 0.273. The Kier molecular flexibility index (Phi) is 4.28. The molecular weight excluding hydrogens is 217 g/mol. The van der Waals surface area contributed by atoms with Crippen LogP contribution in [-0.4, -0.2) is 0 Å². The summed E-state index contributed by atoms with van der Waals surface area (Å²) in [6.45, 7) is 1.79. The van der Waals surface area contributed by atoms with Crippen molar-refractivity contribution in [2.24, 2.45) is 5.73 Å². The lowest BCUT2D eigenvalue weighted by Crippen LogP contribution is -2.09. The van der Waals surface area contributed by atoms with Crippen LogP contribution in [0, 0.1) is 11.8 Å². The van der Waals surface area contributed by atoms with Gasteiger partial charge in [0.05, 0.1) is 0 Å². The molecule has 3 heteroatoms. The summed E-state index contributed by atoms with van der Waals surface area (Å²) in [5.41, 5.74) is 6.79. The first kappa shape index (κ1) is 11.4. The second-order valence-electron chi connectivity index (χ2n) is 2.90.